The van der Waals surface area contributed by atoms with Crippen molar-refractivity contribution in [3.8, 4) is 5.75 Å². The SMILES string of the molecule is [C-]#[N+]c1ccc2c(c1)[C@@H](Nc1nc3ccc(Cl)cc3c(=O)[nH]1)[C@H](O)C(C)(C)O2. The summed E-state index contributed by atoms with van der Waals surface area (Å²) in [6.45, 7) is 10.8. The fraction of sp³-hybridized carbons (Fsp3) is 0.250. The molecule has 0 radical (unpaired) electrons. The van der Waals surface area contributed by atoms with E-state index < -0.39 is 17.7 Å². The highest BCUT2D eigenvalue weighted by molar-refractivity contribution is 6.31. The number of nitrogens with zero attached hydrogens (tertiary/aromatic N) is 2. The van der Waals surface area contributed by atoms with Gasteiger partial charge in [0.1, 0.15) is 17.5 Å². The summed E-state index contributed by atoms with van der Waals surface area (Å²) >= 11 is 5.95. The fourth-order valence-electron chi connectivity index (χ4n) is 3.34. The van der Waals surface area contributed by atoms with Crippen LogP contribution in [0.15, 0.2) is 41.2 Å². The Hall–Kier alpha value is -3.08. The Bertz CT molecular complexity index is 1180. The zero-order chi connectivity index (χ0) is 20.1. The molecular formula is C20H17ClN4O3. The number of anilines is 1. The van der Waals surface area contributed by atoms with Crippen molar-refractivity contribution in [1.82, 2.24) is 9.97 Å². The molecule has 4 rings (SSSR count). The minimum atomic E-state index is -0.952. The second-order valence-corrected chi connectivity index (χ2v) is 7.62. The van der Waals surface area contributed by atoms with Crippen molar-refractivity contribution in [3.63, 3.8) is 0 Å². The quantitative estimate of drug-likeness (QED) is 0.573. The molecule has 2 atom stereocenters. The van der Waals surface area contributed by atoms with Gasteiger partial charge in [0.15, 0.2) is 5.69 Å². The number of aromatic nitrogens is 2. The first-order valence-electron chi connectivity index (χ1n) is 8.63. The van der Waals surface area contributed by atoms with Gasteiger partial charge in [-0.2, -0.15) is 0 Å². The van der Waals surface area contributed by atoms with Crippen LogP contribution in [-0.4, -0.2) is 26.8 Å². The molecule has 0 fully saturated rings. The number of benzene rings is 2. The Labute approximate surface area is 165 Å². The molecule has 0 saturated carbocycles. The third kappa shape index (κ3) is 3.07. The zero-order valence-electron chi connectivity index (χ0n) is 15.2. The summed E-state index contributed by atoms with van der Waals surface area (Å²) in [7, 11) is 0. The van der Waals surface area contributed by atoms with Gasteiger partial charge < -0.3 is 15.2 Å². The lowest BCUT2D eigenvalue weighted by Crippen LogP contribution is -2.50. The summed E-state index contributed by atoms with van der Waals surface area (Å²) in [5.41, 5.74) is 0.307. The second-order valence-electron chi connectivity index (χ2n) is 7.18. The average Bonchev–Trinajstić information content (AvgIpc) is 2.65. The largest absolute Gasteiger partial charge is 0.485 e. The molecule has 1 aliphatic rings. The predicted octanol–water partition coefficient (Wildman–Crippen LogP) is 3.81. The average molecular weight is 397 g/mol. The molecule has 0 bridgehead atoms. The van der Waals surface area contributed by atoms with Crippen LogP contribution in [-0.2, 0) is 0 Å². The second kappa shape index (κ2) is 6.51. The van der Waals surface area contributed by atoms with Crippen molar-refractivity contribution in [2.24, 2.45) is 0 Å². The summed E-state index contributed by atoms with van der Waals surface area (Å²) in [4.78, 5) is 23.0. The lowest BCUT2D eigenvalue weighted by molar-refractivity contribution is -0.0533. The van der Waals surface area contributed by atoms with Crippen LogP contribution in [0.2, 0.25) is 5.02 Å². The van der Waals surface area contributed by atoms with E-state index in [9.17, 15) is 9.90 Å². The molecule has 7 nitrogen and oxygen atoms in total. The van der Waals surface area contributed by atoms with Crippen LogP contribution in [0.3, 0.4) is 0 Å². The van der Waals surface area contributed by atoms with Crippen molar-refractivity contribution in [1.29, 1.82) is 0 Å². The maximum absolute atomic E-state index is 12.4. The van der Waals surface area contributed by atoms with Gasteiger partial charge in [-0.05, 0) is 44.2 Å². The number of aliphatic hydroxyl groups is 1. The zero-order valence-corrected chi connectivity index (χ0v) is 15.9. The van der Waals surface area contributed by atoms with Gasteiger partial charge in [-0.15, -0.1) is 0 Å². The molecule has 1 aliphatic heterocycles. The van der Waals surface area contributed by atoms with Crippen molar-refractivity contribution >= 4 is 34.1 Å². The molecule has 0 saturated heterocycles. The summed E-state index contributed by atoms with van der Waals surface area (Å²) in [6.07, 6.45) is -0.952. The Morgan fingerprint density at radius 1 is 1.32 bits per heavy atom. The Morgan fingerprint density at radius 3 is 2.86 bits per heavy atom. The smallest absolute Gasteiger partial charge is 0.260 e. The molecule has 28 heavy (non-hydrogen) atoms. The number of H-pyrrole nitrogens is 1. The normalized spacial score (nSPS) is 20.1. The lowest BCUT2D eigenvalue weighted by atomic mass is 9.86. The van der Waals surface area contributed by atoms with Crippen molar-refractivity contribution in [2.75, 3.05) is 5.32 Å². The van der Waals surface area contributed by atoms with Crippen LogP contribution in [0.5, 0.6) is 5.75 Å². The van der Waals surface area contributed by atoms with E-state index in [1.807, 2.05) is 0 Å². The molecule has 0 aliphatic carbocycles. The van der Waals surface area contributed by atoms with Gasteiger partial charge in [0.2, 0.25) is 5.95 Å². The first-order chi connectivity index (χ1) is 13.3. The van der Waals surface area contributed by atoms with E-state index in [0.717, 1.165) is 0 Å². The number of ether oxygens (including phenoxy) is 1. The third-order valence-corrected chi connectivity index (χ3v) is 5.05. The minimum Gasteiger partial charge on any atom is -0.485 e. The Morgan fingerprint density at radius 2 is 2.11 bits per heavy atom. The van der Waals surface area contributed by atoms with Gasteiger partial charge in [-0.1, -0.05) is 17.7 Å². The number of aliphatic hydroxyl groups excluding tert-OH is 1. The van der Waals surface area contributed by atoms with Crippen LogP contribution >= 0.6 is 11.6 Å². The molecule has 0 unspecified atom stereocenters. The van der Waals surface area contributed by atoms with Gasteiger partial charge in [0, 0.05) is 10.6 Å². The highest BCUT2D eigenvalue weighted by Gasteiger charge is 2.43. The number of aromatic amines is 1. The van der Waals surface area contributed by atoms with Crippen molar-refractivity contribution in [2.45, 2.75) is 31.6 Å². The molecule has 8 heteroatoms. The number of hydrogen-bond donors (Lipinski definition) is 3. The summed E-state index contributed by atoms with van der Waals surface area (Å²) in [6, 6.07) is 9.28. The van der Waals surface area contributed by atoms with Crippen LogP contribution < -0.4 is 15.6 Å². The third-order valence-electron chi connectivity index (χ3n) is 4.82. The van der Waals surface area contributed by atoms with Gasteiger partial charge in [-0.3, -0.25) is 9.78 Å². The number of hydrogen-bond acceptors (Lipinski definition) is 5. The Kier molecular flexibility index (Phi) is 4.26. The molecule has 2 heterocycles. The van der Waals surface area contributed by atoms with Gasteiger partial charge >= 0.3 is 0 Å². The fourth-order valence-corrected chi connectivity index (χ4v) is 3.51. The van der Waals surface area contributed by atoms with E-state index >= 15 is 0 Å². The number of rotatable bonds is 2. The van der Waals surface area contributed by atoms with Gasteiger partial charge in [0.25, 0.3) is 5.56 Å². The van der Waals surface area contributed by atoms with E-state index in [4.69, 9.17) is 22.9 Å². The van der Waals surface area contributed by atoms with E-state index in [-0.39, 0.29) is 11.5 Å². The molecule has 1 aromatic heterocycles. The van der Waals surface area contributed by atoms with E-state index in [1.54, 1.807) is 50.2 Å². The summed E-state index contributed by atoms with van der Waals surface area (Å²) in [5, 5.41) is 14.8. The molecule has 0 spiro atoms. The van der Waals surface area contributed by atoms with Gasteiger partial charge in [0.05, 0.1) is 23.5 Å². The molecular weight excluding hydrogens is 380 g/mol. The number of nitrogens with one attached hydrogen (secondary N) is 2. The topological polar surface area (TPSA) is 91.6 Å². The van der Waals surface area contributed by atoms with Crippen LogP contribution in [0.4, 0.5) is 11.6 Å². The van der Waals surface area contributed by atoms with Gasteiger partial charge in [-0.25, -0.2) is 9.83 Å². The number of fused-ring (bicyclic) bond motifs is 2. The summed E-state index contributed by atoms with van der Waals surface area (Å²) < 4.78 is 5.91. The first kappa shape index (κ1) is 18.3. The van der Waals surface area contributed by atoms with Crippen molar-refractivity contribution in [3.05, 3.63) is 68.8 Å². The molecule has 0 amide bonds. The maximum atomic E-state index is 12.4. The minimum absolute atomic E-state index is 0.209. The van der Waals surface area contributed by atoms with Crippen LogP contribution in [0.1, 0.15) is 25.5 Å². The van der Waals surface area contributed by atoms with Crippen LogP contribution in [0.25, 0.3) is 15.7 Å². The maximum Gasteiger partial charge on any atom is 0.260 e. The number of halogens is 1. The predicted molar refractivity (Wildman–Crippen MR) is 107 cm³/mol. The van der Waals surface area contributed by atoms with Crippen molar-refractivity contribution < 1.29 is 9.84 Å². The standard InChI is InChI=1S/C20H17ClN4O3/c1-20(2)17(26)16(13-9-11(22-3)5-7-15(13)28-20)24-19-23-14-6-4-10(21)8-12(14)18(27)25-19/h4-9,16-17,26H,1-2H3,(H2,23,24,25,27)/t16-,17+/m1/s1. The monoisotopic (exact) mass is 396 g/mol. The summed E-state index contributed by atoms with van der Waals surface area (Å²) in [5.74, 6) is 0.774. The van der Waals surface area contributed by atoms with E-state index in [2.05, 4.69) is 20.1 Å². The molecule has 3 N–H and O–H groups in total. The molecule has 2 aromatic carbocycles. The highest BCUT2D eigenvalue weighted by atomic mass is 35.5. The van der Waals surface area contributed by atoms with E-state index in [1.165, 1.54) is 0 Å². The lowest BCUT2D eigenvalue weighted by Gasteiger charge is -2.42. The Balaban J connectivity index is 1.81. The molecule has 3 aromatic rings. The van der Waals surface area contributed by atoms with Crippen LogP contribution in [0, 0.1) is 6.57 Å². The molecule has 142 valence electrons. The first-order valence-corrected chi connectivity index (χ1v) is 9.01. The van der Waals surface area contributed by atoms with E-state index in [0.29, 0.717) is 32.9 Å². The highest BCUT2D eigenvalue weighted by Crippen LogP contribution is 2.42.